The highest BCUT2D eigenvalue weighted by molar-refractivity contribution is 9.10. The van der Waals surface area contributed by atoms with E-state index in [4.69, 9.17) is 4.74 Å². The van der Waals surface area contributed by atoms with Crippen LogP contribution in [0.1, 0.15) is 49.8 Å². The van der Waals surface area contributed by atoms with Crippen molar-refractivity contribution in [3.8, 4) is 0 Å². The van der Waals surface area contributed by atoms with Gasteiger partial charge in [0.1, 0.15) is 11.7 Å². The van der Waals surface area contributed by atoms with E-state index in [0.717, 1.165) is 10.0 Å². The summed E-state index contributed by atoms with van der Waals surface area (Å²) >= 11 is 3.48. The van der Waals surface area contributed by atoms with Crippen molar-refractivity contribution >= 4 is 21.9 Å². The van der Waals surface area contributed by atoms with Crippen molar-refractivity contribution < 1.29 is 9.53 Å². The van der Waals surface area contributed by atoms with Gasteiger partial charge in [-0.25, -0.2) is 4.98 Å². The Labute approximate surface area is 132 Å². The maximum Gasteiger partial charge on any atom is 0.321 e. The third-order valence-electron chi connectivity index (χ3n) is 3.05. The molecule has 6 heteroatoms. The van der Waals surface area contributed by atoms with Gasteiger partial charge < -0.3 is 4.74 Å². The minimum Gasteiger partial charge on any atom is -0.465 e. The van der Waals surface area contributed by atoms with Gasteiger partial charge >= 0.3 is 5.97 Å². The topological polar surface area (TPSA) is 67.9 Å². The zero-order chi connectivity index (χ0) is 15.4. The molecule has 0 spiro atoms. The van der Waals surface area contributed by atoms with Gasteiger partial charge in [-0.2, -0.15) is 5.10 Å². The number of nitrogens with zero attached hydrogens (tertiary/aromatic N) is 2. The molecule has 1 heterocycles. The van der Waals surface area contributed by atoms with Crippen LogP contribution in [0.25, 0.3) is 0 Å². The number of benzene rings is 1. The summed E-state index contributed by atoms with van der Waals surface area (Å²) < 4.78 is 6.03. The molecule has 0 aliphatic heterocycles. The molecule has 112 valence electrons. The molecule has 2 rings (SSSR count). The van der Waals surface area contributed by atoms with Gasteiger partial charge in [0.25, 0.3) is 0 Å². The number of carbonyl (C=O) groups is 1. The van der Waals surface area contributed by atoms with Crippen LogP contribution < -0.4 is 0 Å². The Morgan fingerprint density at radius 3 is 2.67 bits per heavy atom. The number of aromatic amines is 1. The quantitative estimate of drug-likeness (QED) is 0.838. The second kappa shape index (κ2) is 6.85. The van der Waals surface area contributed by atoms with Gasteiger partial charge in [-0.1, -0.05) is 48.0 Å². The van der Waals surface area contributed by atoms with Crippen LogP contribution in [0.15, 0.2) is 28.7 Å². The Morgan fingerprint density at radius 2 is 2.10 bits per heavy atom. The van der Waals surface area contributed by atoms with Gasteiger partial charge in [-0.15, -0.1) is 0 Å². The van der Waals surface area contributed by atoms with Crippen molar-refractivity contribution in [1.82, 2.24) is 15.2 Å². The van der Waals surface area contributed by atoms with Crippen molar-refractivity contribution in [1.29, 1.82) is 0 Å². The third-order valence-corrected chi connectivity index (χ3v) is 3.77. The molecule has 0 bridgehead atoms. The number of ether oxygens (including phenoxy) is 1. The Bertz CT molecular complexity index is 625. The summed E-state index contributed by atoms with van der Waals surface area (Å²) in [5.74, 6) is 0.434. The molecule has 0 saturated heterocycles. The lowest BCUT2D eigenvalue weighted by atomic mass is 9.98. The molecule has 2 aromatic rings. The average Bonchev–Trinajstić information content (AvgIpc) is 2.91. The summed E-state index contributed by atoms with van der Waals surface area (Å²) in [6, 6.07) is 7.55. The predicted molar refractivity (Wildman–Crippen MR) is 83.1 cm³/mol. The van der Waals surface area contributed by atoms with Crippen LogP contribution in [-0.4, -0.2) is 27.8 Å². The zero-order valence-corrected chi connectivity index (χ0v) is 13.8. The van der Waals surface area contributed by atoms with E-state index in [1.165, 1.54) is 0 Å². The summed E-state index contributed by atoms with van der Waals surface area (Å²) in [4.78, 5) is 16.8. The predicted octanol–water partition coefficient (Wildman–Crippen LogP) is 3.39. The van der Waals surface area contributed by atoms with E-state index in [2.05, 4.69) is 31.1 Å². The summed E-state index contributed by atoms with van der Waals surface area (Å²) in [5.41, 5.74) is 0.808. The van der Waals surface area contributed by atoms with Gasteiger partial charge in [0.15, 0.2) is 5.82 Å². The van der Waals surface area contributed by atoms with E-state index in [0.29, 0.717) is 18.3 Å². The van der Waals surface area contributed by atoms with Crippen LogP contribution in [0.4, 0.5) is 0 Å². The van der Waals surface area contributed by atoms with Crippen molar-refractivity contribution in [3.63, 3.8) is 0 Å². The van der Waals surface area contributed by atoms with Crippen LogP contribution >= 0.6 is 15.9 Å². The van der Waals surface area contributed by atoms with Gasteiger partial charge in [0.05, 0.1) is 6.61 Å². The van der Waals surface area contributed by atoms with E-state index in [1.54, 1.807) is 6.92 Å². The maximum absolute atomic E-state index is 12.3. The van der Waals surface area contributed by atoms with Crippen LogP contribution in [0, 0.1) is 0 Å². The zero-order valence-electron chi connectivity index (χ0n) is 12.3. The number of halogens is 1. The monoisotopic (exact) mass is 351 g/mol. The van der Waals surface area contributed by atoms with Gasteiger partial charge in [0, 0.05) is 10.4 Å². The Hall–Kier alpha value is -1.69. The molecular weight excluding hydrogens is 334 g/mol. The number of H-pyrrole nitrogens is 1. The molecule has 0 aliphatic rings. The first kappa shape index (κ1) is 15.7. The average molecular weight is 352 g/mol. The van der Waals surface area contributed by atoms with E-state index >= 15 is 0 Å². The highest BCUT2D eigenvalue weighted by Gasteiger charge is 2.29. The smallest absolute Gasteiger partial charge is 0.321 e. The van der Waals surface area contributed by atoms with Gasteiger partial charge in [0.2, 0.25) is 0 Å². The van der Waals surface area contributed by atoms with Crippen LogP contribution in [-0.2, 0) is 9.53 Å². The summed E-state index contributed by atoms with van der Waals surface area (Å²) in [5, 5.41) is 7.04. The fraction of sp³-hybridized carbons (Fsp3) is 0.400. The van der Waals surface area contributed by atoms with Crippen molar-refractivity contribution in [3.05, 3.63) is 46.0 Å². The Balaban J connectivity index is 2.45. The molecular formula is C15H18BrN3O2. The second-order valence-electron chi connectivity index (χ2n) is 4.94. The minimum atomic E-state index is -0.611. The molecule has 1 N–H and O–H groups in total. The van der Waals surface area contributed by atoms with Crippen LogP contribution in [0.3, 0.4) is 0 Å². The van der Waals surface area contributed by atoms with Crippen molar-refractivity contribution in [2.45, 2.75) is 32.6 Å². The number of esters is 1. The first-order valence-electron chi connectivity index (χ1n) is 6.87. The lowest BCUT2D eigenvalue weighted by molar-refractivity contribution is -0.144. The summed E-state index contributed by atoms with van der Waals surface area (Å²) in [6.07, 6.45) is 0. The fourth-order valence-corrected chi connectivity index (χ4v) is 2.51. The lowest BCUT2D eigenvalue weighted by Crippen LogP contribution is -2.19. The number of nitrogens with one attached hydrogen (secondary N) is 1. The Morgan fingerprint density at radius 1 is 1.38 bits per heavy atom. The van der Waals surface area contributed by atoms with Crippen molar-refractivity contribution in [2.75, 3.05) is 6.61 Å². The molecule has 1 aromatic carbocycles. The highest BCUT2D eigenvalue weighted by Crippen LogP contribution is 2.30. The van der Waals surface area contributed by atoms with Crippen LogP contribution in [0.5, 0.6) is 0 Å². The maximum atomic E-state index is 12.3. The number of hydrogen-bond acceptors (Lipinski definition) is 4. The number of aromatic nitrogens is 3. The van der Waals surface area contributed by atoms with Crippen LogP contribution in [0.2, 0.25) is 0 Å². The summed E-state index contributed by atoms with van der Waals surface area (Å²) in [6.45, 7) is 6.12. The molecule has 0 amide bonds. The molecule has 0 aliphatic carbocycles. The van der Waals surface area contributed by atoms with Gasteiger partial charge in [-0.3, -0.25) is 9.89 Å². The van der Waals surface area contributed by atoms with E-state index in [1.807, 2.05) is 38.1 Å². The summed E-state index contributed by atoms with van der Waals surface area (Å²) in [7, 11) is 0. The van der Waals surface area contributed by atoms with E-state index < -0.39 is 5.92 Å². The number of rotatable bonds is 5. The third kappa shape index (κ3) is 3.50. The molecule has 1 atom stereocenters. The number of carbonyl (C=O) groups excluding carboxylic acids is 1. The standard InChI is InChI=1S/C15H18BrN3O2/c1-4-21-15(20)12(10-7-5-6-8-11(10)16)14-17-13(9(2)3)18-19-14/h5-9,12H,4H2,1-3H3,(H,17,18,19). The van der Waals surface area contributed by atoms with Gasteiger partial charge in [-0.05, 0) is 18.6 Å². The van der Waals surface area contributed by atoms with E-state index in [9.17, 15) is 4.79 Å². The highest BCUT2D eigenvalue weighted by atomic mass is 79.9. The molecule has 0 radical (unpaired) electrons. The molecule has 0 saturated carbocycles. The molecule has 1 unspecified atom stereocenters. The molecule has 21 heavy (non-hydrogen) atoms. The van der Waals surface area contributed by atoms with E-state index in [-0.39, 0.29) is 11.9 Å². The van der Waals surface area contributed by atoms with Crippen molar-refractivity contribution in [2.24, 2.45) is 0 Å². The lowest BCUT2D eigenvalue weighted by Gasteiger charge is -2.14. The second-order valence-corrected chi connectivity index (χ2v) is 5.79. The molecule has 5 nitrogen and oxygen atoms in total. The number of hydrogen-bond donors (Lipinski definition) is 1. The molecule has 0 fully saturated rings. The fourth-order valence-electron chi connectivity index (χ4n) is 2.00. The first-order chi connectivity index (χ1) is 10.0. The largest absolute Gasteiger partial charge is 0.465 e. The Kier molecular flexibility index (Phi) is 5.12. The molecule has 1 aromatic heterocycles. The SMILES string of the molecule is CCOC(=O)C(c1nc(C(C)C)n[nH]1)c1ccccc1Br. The first-order valence-corrected chi connectivity index (χ1v) is 7.67. The minimum absolute atomic E-state index is 0.192. The normalized spacial score (nSPS) is 12.4.